The van der Waals surface area contributed by atoms with Crippen LogP contribution in [0.3, 0.4) is 0 Å². The molecule has 3 aromatic rings. The van der Waals surface area contributed by atoms with Gasteiger partial charge in [0.15, 0.2) is 5.82 Å². The minimum Gasteiger partial charge on any atom is -0.339 e. The molecule has 33 heavy (non-hydrogen) atoms. The number of benzene rings is 1. The molecule has 1 aliphatic carbocycles. The first-order valence-electron chi connectivity index (χ1n) is 11.4. The molecule has 2 saturated heterocycles. The van der Waals surface area contributed by atoms with E-state index in [1.54, 1.807) is 12.4 Å². The fourth-order valence-electron chi connectivity index (χ4n) is 5.53. The van der Waals surface area contributed by atoms with E-state index in [-0.39, 0.29) is 5.41 Å². The molecule has 1 aromatic carbocycles. The maximum Gasteiger partial charge on any atom is 0.231 e. The van der Waals surface area contributed by atoms with Crippen molar-refractivity contribution in [3.05, 3.63) is 53.1 Å². The van der Waals surface area contributed by atoms with Gasteiger partial charge in [0, 0.05) is 62.1 Å². The van der Waals surface area contributed by atoms with E-state index in [9.17, 15) is 4.39 Å². The van der Waals surface area contributed by atoms with Crippen molar-refractivity contribution in [1.29, 1.82) is 0 Å². The van der Waals surface area contributed by atoms with Gasteiger partial charge in [0.2, 0.25) is 11.9 Å². The molecule has 10 heteroatoms. The second-order valence-corrected chi connectivity index (χ2v) is 10.5. The second-order valence-electron chi connectivity index (χ2n) is 10.1. The van der Waals surface area contributed by atoms with Crippen LogP contribution < -0.4 is 9.80 Å². The van der Waals surface area contributed by atoms with Gasteiger partial charge in [0.1, 0.15) is 5.67 Å². The molecule has 170 valence electrons. The van der Waals surface area contributed by atoms with E-state index in [4.69, 9.17) is 11.6 Å². The monoisotopic (exact) mass is 466 g/mol. The van der Waals surface area contributed by atoms with Gasteiger partial charge in [-0.05, 0) is 42.7 Å². The predicted octanol–water partition coefficient (Wildman–Crippen LogP) is 2.86. The lowest BCUT2D eigenvalue weighted by Crippen LogP contribution is -2.73. The average Bonchev–Trinajstić information content (AvgIpc) is 3.37. The molecule has 3 fully saturated rings. The number of halogens is 2. The van der Waals surface area contributed by atoms with Crippen LogP contribution >= 0.6 is 11.6 Å². The zero-order valence-electron chi connectivity index (χ0n) is 18.2. The van der Waals surface area contributed by atoms with Gasteiger partial charge in [-0.2, -0.15) is 0 Å². The Morgan fingerprint density at radius 2 is 1.73 bits per heavy atom. The van der Waals surface area contributed by atoms with E-state index in [1.807, 2.05) is 24.3 Å². The lowest BCUT2D eigenvalue weighted by atomic mass is 9.73. The Hall–Kier alpha value is -2.78. The maximum absolute atomic E-state index is 14.6. The number of hydrogen-bond acceptors (Lipinski definition) is 7. The molecule has 0 N–H and O–H groups in total. The predicted molar refractivity (Wildman–Crippen MR) is 122 cm³/mol. The third kappa shape index (κ3) is 3.28. The molecule has 0 radical (unpaired) electrons. The highest BCUT2D eigenvalue weighted by Crippen LogP contribution is 2.44. The summed E-state index contributed by atoms with van der Waals surface area (Å²) in [7, 11) is 0. The fraction of sp³-hybridized carbons (Fsp3) is 0.478. The molecule has 1 spiro atoms. The molecule has 5 heterocycles. The smallest absolute Gasteiger partial charge is 0.231 e. The van der Waals surface area contributed by atoms with Crippen molar-refractivity contribution >= 4 is 23.5 Å². The van der Waals surface area contributed by atoms with Crippen molar-refractivity contribution in [1.82, 2.24) is 29.6 Å². The van der Waals surface area contributed by atoms with Gasteiger partial charge in [0.05, 0.1) is 12.2 Å². The van der Waals surface area contributed by atoms with Crippen LogP contribution in [0.15, 0.2) is 36.7 Å². The molecule has 4 aliphatic rings. The molecule has 7 rings (SSSR count). The van der Waals surface area contributed by atoms with Gasteiger partial charge in [0.25, 0.3) is 0 Å². The van der Waals surface area contributed by atoms with Gasteiger partial charge < -0.3 is 9.80 Å². The SMILES string of the molecule is FC1(CN2Cc3cc(Cl)ccc3-n3c(nnc3N3CC4(CN(c5ncccn5)C4)C3)C2)CC1. The van der Waals surface area contributed by atoms with E-state index < -0.39 is 5.67 Å². The Bertz CT molecular complexity index is 1210. The summed E-state index contributed by atoms with van der Waals surface area (Å²) in [6.07, 6.45) is 4.86. The van der Waals surface area contributed by atoms with Crippen molar-refractivity contribution in [3.63, 3.8) is 0 Å². The van der Waals surface area contributed by atoms with Gasteiger partial charge in [-0.3, -0.25) is 9.47 Å². The zero-order valence-corrected chi connectivity index (χ0v) is 18.9. The zero-order chi connectivity index (χ0) is 22.2. The molecule has 0 unspecified atom stereocenters. The van der Waals surface area contributed by atoms with Crippen molar-refractivity contribution in [2.75, 3.05) is 42.5 Å². The van der Waals surface area contributed by atoms with Gasteiger partial charge in [-0.15, -0.1) is 10.2 Å². The molecule has 0 amide bonds. The Morgan fingerprint density at radius 1 is 0.970 bits per heavy atom. The van der Waals surface area contributed by atoms with Crippen LogP contribution in [0.1, 0.15) is 24.2 Å². The molecule has 1 saturated carbocycles. The standard InChI is InChI=1S/C23H24ClFN8/c24-17-2-3-18-16(8-17)9-30(15-23(25)4-5-23)10-19-28-29-21(33(18)19)32-13-22(14-32)11-31(12-22)20-26-6-1-7-27-20/h1-3,6-8H,4-5,9-15H2. The summed E-state index contributed by atoms with van der Waals surface area (Å²) in [5, 5.41) is 9.81. The maximum atomic E-state index is 14.6. The number of alkyl halides is 1. The first kappa shape index (κ1) is 19.7. The molecule has 2 aromatic heterocycles. The summed E-state index contributed by atoms with van der Waals surface area (Å²) >= 11 is 6.33. The van der Waals surface area contributed by atoms with Crippen LogP contribution in [-0.2, 0) is 13.1 Å². The van der Waals surface area contributed by atoms with Crippen molar-refractivity contribution in [3.8, 4) is 5.69 Å². The Labute approximate surface area is 196 Å². The van der Waals surface area contributed by atoms with E-state index in [2.05, 4.69) is 39.4 Å². The highest BCUT2D eigenvalue weighted by atomic mass is 35.5. The minimum atomic E-state index is -1.06. The van der Waals surface area contributed by atoms with E-state index >= 15 is 0 Å². The van der Waals surface area contributed by atoms with Crippen molar-refractivity contribution in [2.45, 2.75) is 31.6 Å². The lowest BCUT2D eigenvalue weighted by molar-refractivity contribution is 0.152. The van der Waals surface area contributed by atoms with Crippen LogP contribution in [0.5, 0.6) is 0 Å². The Kier molecular flexibility index (Phi) is 4.09. The third-order valence-electron chi connectivity index (χ3n) is 7.28. The number of rotatable bonds is 4. The molecule has 8 nitrogen and oxygen atoms in total. The van der Waals surface area contributed by atoms with Crippen molar-refractivity contribution < 1.29 is 4.39 Å². The van der Waals surface area contributed by atoms with E-state index in [0.717, 1.165) is 55.2 Å². The van der Waals surface area contributed by atoms with Gasteiger partial charge in [-0.25, -0.2) is 14.4 Å². The first-order chi connectivity index (χ1) is 16.0. The first-order valence-corrected chi connectivity index (χ1v) is 11.8. The highest BCUT2D eigenvalue weighted by molar-refractivity contribution is 6.30. The minimum absolute atomic E-state index is 0.248. The summed E-state index contributed by atoms with van der Waals surface area (Å²) in [4.78, 5) is 15.4. The number of nitrogens with zero attached hydrogens (tertiary/aromatic N) is 8. The van der Waals surface area contributed by atoms with Crippen molar-refractivity contribution in [2.24, 2.45) is 5.41 Å². The Morgan fingerprint density at radius 3 is 2.48 bits per heavy atom. The molecular formula is C23H24ClFN8. The topological polar surface area (TPSA) is 66.2 Å². The Balaban J connectivity index is 1.15. The number of fused-ring (bicyclic) bond motifs is 3. The summed E-state index contributed by atoms with van der Waals surface area (Å²) < 4.78 is 16.7. The van der Waals surface area contributed by atoms with Crippen LogP contribution in [0, 0.1) is 5.41 Å². The summed E-state index contributed by atoms with van der Waals surface area (Å²) in [5.41, 5.74) is 1.31. The summed E-state index contributed by atoms with van der Waals surface area (Å²) in [5.74, 6) is 2.51. The quantitative estimate of drug-likeness (QED) is 0.585. The van der Waals surface area contributed by atoms with E-state index in [1.165, 1.54) is 0 Å². The third-order valence-corrected chi connectivity index (χ3v) is 7.51. The highest BCUT2D eigenvalue weighted by Gasteiger charge is 2.54. The lowest BCUT2D eigenvalue weighted by Gasteiger charge is -2.60. The number of aromatic nitrogens is 5. The average molecular weight is 467 g/mol. The normalized spacial score (nSPS) is 22.2. The molecular weight excluding hydrogens is 443 g/mol. The van der Waals surface area contributed by atoms with Gasteiger partial charge >= 0.3 is 0 Å². The number of anilines is 2. The molecule has 0 bridgehead atoms. The second kappa shape index (κ2) is 6.87. The van der Waals surface area contributed by atoms with Crippen LogP contribution in [0.25, 0.3) is 5.69 Å². The van der Waals surface area contributed by atoms with Crippen LogP contribution in [0.2, 0.25) is 5.02 Å². The van der Waals surface area contributed by atoms with E-state index in [0.29, 0.717) is 37.5 Å². The number of hydrogen-bond donors (Lipinski definition) is 0. The summed E-state index contributed by atoms with van der Waals surface area (Å²) in [6.45, 7) is 5.40. The van der Waals surface area contributed by atoms with Gasteiger partial charge in [-0.1, -0.05) is 11.6 Å². The summed E-state index contributed by atoms with van der Waals surface area (Å²) in [6, 6.07) is 7.77. The van der Waals surface area contributed by atoms with Crippen LogP contribution in [0.4, 0.5) is 16.3 Å². The van der Waals surface area contributed by atoms with Crippen LogP contribution in [-0.4, -0.2) is 68.0 Å². The molecule has 3 aliphatic heterocycles. The fourth-order valence-corrected chi connectivity index (χ4v) is 5.72. The largest absolute Gasteiger partial charge is 0.339 e. The molecule has 0 atom stereocenters.